The first kappa shape index (κ1) is 8.31. The van der Waals surface area contributed by atoms with Crippen LogP contribution in [0.25, 0.3) is 0 Å². The van der Waals surface area contributed by atoms with E-state index in [0.29, 0.717) is 0 Å². The summed E-state index contributed by atoms with van der Waals surface area (Å²) < 4.78 is 2.06. The summed E-state index contributed by atoms with van der Waals surface area (Å²) in [5, 5.41) is 4.20. The number of rotatable bonds is 3. The molecule has 2 nitrogen and oxygen atoms in total. The molecule has 1 aromatic rings. The highest BCUT2D eigenvalue weighted by Crippen LogP contribution is 2.03. The molecule has 0 aliphatic rings. The Morgan fingerprint density at radius 1 is 1.55 bits per heavy atom. The Balaban J connectivity index is 2.44. The van der Waals surface area contributed by atoms with Crippen molar-refractivity contribution in [1.29, 1.82) is 0 Å². The van der Waals surface area contributed by atoms with Crippen LogP contribution >= 0.6 is 0 Å². The van der Waals surface area contributed by atoms with E-state index >= 15 is 0 Å². The highest BCUT2D eigenvalue weighted by atomic mass is 15.3. The lowest BCUT2D eigenvalue weighted by Crippen LogP contribution is -2.04. The number of hydrogen-bond donors (Lipinski definition) is 0. The molecule has 1 rings (SSSR count). The summed E-state index contributed by atoms with van der Waals surface area (Å²) in [5.41, 5.74) is 1.26. The fourth-order valence-corrected chi connectivity index (χ4v) is 1.01. The molecule has 0 N–H and O–H groups in total. The van der Waals surface area contributed by atoms with Gasteiger partial charge in [0.15, 0.2) is 0 Å². The second-order valence-electron chi connectivity index (χ2n) is 3.38. The van der Waals surface area contributed by atoms with Crippen molar-refractivity contribution >= 4 is 0 Å². The van der Waals surface area contributed by atoms with E-state index in [4.69, 9.17) is 0 Å². The van der Waals surface area contributed by atoms with Crippen molar-refractivity contribution < 1.29 is 0 Å². The van der Waals surface area contributed by atoms with Crippen LogP contribution in [0.4, 0.5) is 0 Å². The maximum atomic E-state index is 4.20. The Morgan fingerprint density at radius 2 is 2.27 bits per heavy atom. The van der Waals surface area contributed by atoms with Gasteiger partial charge in [0.25, 0.3) is 0 Å². The van der Waals surface area contributed by atoms with Crippen LogP contribution < -0.4 is 0 Å². The average Bonchev–Trinajstić information content (AvgIpc) is 2.31. The second-order valence-corrected chi connectivity index (χ2v) is 3.38. The summed E-state index contributed by atoms with van der Waals surface area (Å²) in [6.45, 7) is 7.61. The summed E-state index contributed by atoms with van der Waals surface area (Å²) in [6.07, 6.45) is 3.07. The van der Waals surface area contributed by atoms with Crippen LogP contribution in [0.2, 0.25) is 0 Å². The van der Waals surface area contributed by atoms with Gasteiger partial charge in [0.1, 0.15) is 0 Å². The Morgan fingerprint density at radius 3 is 2.73 bits per heavy atom. The van der Waals surface area contributed by atoms with Gasteiger partial charge in [0, 0.05) is 18.4 Å². The van der Waals surface area contributed by atoms with Gasteiger partial charge in [-0.05, 0) is 25.3 Å². The Hall–Kier alpha value is -0.790. The summed E-state index contributed by atoms with van der Waals surface area (Å²) in [6, 6.07) is 2.04. The van der Waals surface area contributed by atoms with Gasteiger partial charge in [-0.2, -0.15) is 5.10 Å². The SMILES string of the molecule is Cc1ccnn1CCC(C)C. The van der Waals surface area contributed by atoms with Crippen LogP contribution in [0, 0.1) is 12.8 Å². The first-order chi connectivity index (χ1) is 5.20. The quantitative estimate of drug-likeness (QED) is 0.649. The summed E-state index contributed by atoms with van der Waals surface area (Å²) in [4.78, 5) is 0. The van der Waals surface area contributed by atoms with Crippen LogP contribution in [0.15, 0.2) is 12.3 Å². The van der Waals surface area contributed by atoms with E-state index in [1.807, 2.05) is 12.3 Å². The second kappa shape index (κ2) is 3.56. The van der Waals surface area contributed by atoms with Crippen molar-refractivity contribution in [2.45, 2.75) is 33.7 Å². The Kier molecular flexibility index (Phi) is 2.69. The minimum atomic E-state index is 0.763. The topological polar surface area (TPSA) is 17.8 Å². The molecular weight excluding hydrogens is 136 g/mol. The van der Waals surface area contributed by atoms with Crippen LogP contribution in [0.5, 0.6) is 0 Å². The number of aromatic nitrogens is 2. The largest absolute Gasteiger partial charge is 0.270 e. The first-order valence-corrected chi connectivity index (χ1v) is 4.18. The molecule has 1 aromatic heterocycles. The summed E-state index contributed by atoms with van der Waals surface area (Å²) in [7, 11) is 0. The molecule has 0 aromatic carbocycles. The van der Waals surface area contributed by atoms with E-state index < -0.39 is 0 Å². The van der Waals surface area contributed by atoms with E-state index in [1.54, 1.807) is 0 Å². The van der Waals surface area contributed by atoms with Gasteiger partial charge in [0.05, 0.1) is 0 Å². The predicted molar refractivity (Wildman–Crippen MR) is 46.4 cm³/mol. The lowest BCUT2D eigenvalue weighted by atomic mass is 10.1. The third kappa shape index (κ3) is 2.37. The van der Waals surface area contributed by atoms with Gasteiger partial charge < -0.3 is 0 Å². The molecule has 0 saturated carbocycles. The van der Waals surface area contributed by atoms with Crippen molar-refractivity contribution in [1.82, 2.24) is 9.78 Å². The molecule has 0 spiro atoms. The normalized spacial score (nSPS) is 10.9. The molecule has 0 aliphatic carbocycles. The Labute approximate surface area is 68.2 Å². The van der Waals surface area contributed by atoms with E-state index in [9.17, 15) is 0 Å². The van der Waals surface area contributed by atoms with Crippen LogP contribution in [-0.2, 0) is 6.54 Å². The molecule has 0 aliphatic heterocycles. The maximum absolute atomic E-state index is 4.20. The highest BCUT2D eigenvalue weighted by Gasteiger charge is 1.97. The molecule has 1 heterocycles. The molecule has 0 saturated heterocycles. The van der Waals surface area contributed by atoms with Crippen molar-refractivity contribution in [2.75, 3.05) is 0 Å². The van der Waals surface area contributed by atoms with Crippen LogP contribution in [-0.4, -0.2) is 9.78 Å². The van der Waals surface area contributed by atoms with Crippen molar-refractivity contribution in [2.24, 2.45) is 5.92 Å². The third-order valence-corrected chi connectivity index (χ3v) is 1.85. The Bertz CT molecular complexity index is 213. The monoisotopic (exact) mass is 152 g/mol. The molecule has 0 radical (unpaired) electrons. The van der Waals surface area contributed by atoms with Crippen LogP contribution in [0.3, 0.4) is 0 Å². The average molecular weight is 152 g/mol. The molecule has 0 atom stereocenters. The minimum Gasteiger partial charge on any atom is -0.270 e. The van der Waals surface area contributed by atoms with Gasteiger partial charge in [-0.25, -0.2) is 0 Å². The van der Waals surface area contributed by atoms with E-state index in [-0.39, 0.29) is 0 Å². The molecule has 0 amide bonds. The predicted octanol–water partition coefficient (Wildman–Crippen LogP) is 2.24. The lowest BCUT2D eigenvalue weighted by molar-refractivity contribution is 0.480. The van der Waals surface area contributed by atoms with Crippen LogP contribution in [0.1, 0.15) is 26.0 Å². The third-order valence-electron chi connectivity index (χ3n) is 1.85. The number of hydrogen-bond acceptors (Lipinski definition) is 1. The molecular formula is C9H16N2. The van der Waals surface area contributed by atoms with E-state index in [0.717, 1.165) is 12.5 Å². The smallest absolute Gasteiger partial charge is 0.0492 e. The highest BCUT2D eigenvalue weighted by molar-refractivity contribution is 4.96. The molecule has 2 heteroatoms. The molecule has 0 bridgehead atoms. The van der Waals surface area contributed by atoms with Gasteiger partial charge >= 0.3 is 0 Å². The zero-order chi connectivity index (χ0) is 8.27. The molecule has 0 unspecified atom stereocenters. The fraction of sp³-hybridized carbons (Fsp3) is 0.667. The lowest BCUT2D eigenvalue weighted by Gasteiger charge is -2.05. The molecule has 0 fully saturated rings. The molecule has 62 valence electrons. The fourth-order valence-electron chi connectivity index (χ4n) is 1.01. The number of aryl methyl sites for hydroxylation is 2. The van der Waals surface area contributed by atoms with Crippen molar-refractivity contribution in [3.8, 4) is 0 Å². The number of nitrogens with zero attached hydrogens (tertiary/aromatic N) is 2. The summed E-state index contributed by atoms with van der Waals surface area (Å²) in [5.74, 6) is 0.763. The maximum Gasteiger partial charge on any atom is 0.0492 e. The van der Waals surface area contributed by atoms with E-state index in [1.165, 1.54) is 12.1 Å². The zero-order valence-electron chi connectivity index (χ0n) is 7.54. The zero-order valence-corrected chi connectivity index (χ0v) is 7.54. The van der Waals surface area contributed by atoms with Gasteiger partial charge in [-0.3, -0.25) is 4.68 Å². The standard InChI is InChI=1S/C9H16N2/c1-8(2)5-7-11-9(3)4-6-10-11/h4,6,8H,5,7H2,1-3H3. The van der Waals surface area contributed by atoms with Gasteiger partial charge in [0.2, 0.25) is 0 Å². The van der Waals surface area contributed by atoms with Gasteiger partial charge in [-0.15, -0.1) is 0 Å². The molecule has 11 heavy (non-hydrogen) atoms. The summed E-state index contributed by atoms with van der Waals surface area (Å²) >= 11 is 0. The first-order valence-electron chi connectivity index (χ1n) is 4.18. The van der Waals surface area contributed by atoms with Crippen molar-refractivity contribution in [3.05, 3.63) is 18.0 Å². The minimum absolute atomic E-state index is 0.763. The van der Waals surface area contributed by atoms with Crippen molar-refractivity contribution in [3.63, 3.8) is 0 Å². The van der Waals surface area contributed by atoms with Gasteiger partial charge in [-0.1, -0.05) is 13.8 Å². The van der Waals surface area contributed by atoms with E-state index in [2.05, 4.69) is 30.6 Å².